The van der Waals surface area contributed by atoms with Crippen LogP contribution in [0.15, 0.2) is 20.9 Å². The van der Waals surface area contributed by atoms with Crippen LogP contribution in [-0.4, -0.2) is 12.5 Å². The number of halogens is 1. The molecule has 1 fully saturated rings. The first kappa shape index (κ1) is 11.9. The number of nitrogens with two attached hydrogens (primary N) is 1. The molecule has 0 bridgehead atoms. The van der Waals surface area contributed by atoms with Gasteiger partial charge in [0.25, 0.3) is 0 Å². The molecule has 2 rings (SSSR count). The molecule has 3 nitrogen and oxygen atoms in total. The first-order chi connectivity index (χ1) is 7.75. The van der Waals surface area contributed by atoms with E-state index in [9.17, 15) is 0 Å². The molecule has 1 aliphatic carbocycles. The van der Waals surface area contributed by atoms with E-state index in [2.05, 4.69) is 26.2 Å². The Balaban J connectivity index is 1.75. The molecule has 0 amide bonds. The molecule has 0 spiro atoms. The SMILES string of the molecule is NC(=NCc1sccc1Br)NCC1CCC1. The summed E-state index contributed by atoms with van der Waals surface area (Å²) in [6.45, 7) is 1.63. The van der Waals surface area contributed by atoms with E-state index in [1.807, 2.05) is 11.4 Å². The van der Waals surface area contributed by atoms with Crippen LogP contribution in [0.25, 0.3) is 0 Å². The Kier molecular flexibility index (Phi) is 4.23. The summed E-state index contributed by atoms with van der Waals surface area (Å²) < 4.78 is 1.12. The van der Waals surface area contributed by atoms with E-state index >= 15 is 0 Å². The van der Waals surface area contributed by atoms with Crippen molar-refractivity contribution in [3.05, 3.63) is 20.8 Å². The number of thiophene rings is 1. The number of aliphatic imine (C=N–C) groups is 1. The monoisotopic (exact) mass is 301 g/mol. The summed E-state index contributed by atoms with van der Waals surface area (Å²) in [4.78, 5) is 5.54. The van der Waals surface area contributed by atoms with Gasteiger partial charge in [0.15, 0.2) is 5.96 Å². The highest BCUT2D eigenvalue weighted by Gasteiger charge is 2.16. The van der Waals surface area contributed by atoms with Crippen LogP contribution >= 0.6 is 27.3 Å². The van der Waals surface area contributed by atoms with Gasteiger partial charge >= 0.3 is 0 Å². The van der Waals surface area contributed by atoms with Gasteiger partial charge in [-0.1, -0.05) is 6.42 Å². The maximum Gasteiger partial charge on any atom is 0.188 e. The molecule has 3 N–H and O–H groups in total. The fourth-order valence-electron chi connectivity index (χ4n) is 1.60. The van der Waals surface area contributed by atoms with Gasteiger partial charge in [0, 0.05) is 15.9 Å². The maximum atomic E-state index is 5.80. The molecular weight excluding hydrogens is 286 g/mol. The van der Waals surface area contributed by atoms with Crippen molar-refractivity contribution in [2.45, 2.75) is 25.8 Å². The summed E-state index contributed by atoms with van der Waals surface area (Å²) in [6.07, 6.45) is 4.03. The van der Waals surface area contributed by atoms with Crippen molar-refractivity contribution in [2.75, 3.05) is 6.54 Å². The van der Waals surface area contributed by atoms with E-state index in [0.29, 0.717) is 12.5 Å². The maximum absolute atomic E-state index is 5.80. The summed E-state index contributed by atoms with van der Waals surface area (Å²) in [5.41, 5.74) is 5.80. The molecule has 0 saturated heterocycles. The number of guanidine groups is 1. The second kappa shape index (κ2) is 5.68. The van der Waals surface area contributed by atoms with E-state index in [4.69, 9.17) is 5.73 Å². The standard InChI is InChI=1S/C11H16BrN3S/c12-9-4-5-16-10(9)7-15-11(13)14-6-8-2-1-3-8/h4-5,8H,1-3,6-7H2,(H3,13,14,15). The van der Waals surface area contributed by atoms with Crippen molar-refractivity contribution < 1.29 is 0 Å². The number of nitrogens with zero attached hydrogens (tertiary/aromatic N) is 1. The fourth-order valence-corrected chi connectivity index (χ4v) is 3.00. The molecule has 1 aliphatic rings. The normalized spacial score (nSPS) is 17.2. The van der Waals surface area contributed by atoms with Crippen LogP contribution in [0.1, 0.15) is 24.1 Å². The van der Waals surface area contributed by atoms with E-state index in [1.54, 1.807) is 11.3 Å². The summed E-state index contributed by atoms with van der Waals surface area (Å²) in [7, 11) is 0. The topological polar surface area (TPSA) is 50.4 Å². The van der Waals surface area contributed by atoms with Gasteiger partial charge in [-0.2, -0.15) is 0 Å². The second-order valence-electron chi connectivity index (χ2n) is 4.07. The number of hydrogen-bond donors (Lipinski definition) is 2. The van der Waals surface area contributed by atoms with E-state index < -0.39 is 0 Å². The molecule has 1 heterocycles. The molecule has 5 heteroatoms. The molecule has 88 valence electrons. The highest BCUT2D eigenvalue weighted by Crippen LogP contribution is 2.25. The van der Waals surface area contributed by atoms with Crippen LogP contribution in [0.2, 0.25) is 0 Å². The fraction of sp³-hybridized carbons (Fsp3) is 0.545. The van der Waals surface area contributed by atoms with Gasteiger partial charge in [0.1, 0.15) is 0 Å². The molecule has 1 saturated carbocycles. The van der Waals surface area contributed by atoms with Gasteiger partial charge in [0.05, 0.1) is 6.54 Å². The molecular formula is C11H16BrN3S. The Labute approximate surface area is 108 Å². The van der Waals surface area contributed by atoms with Gasteiger partial charge in [-0.05, 0) is 46.1 Å². The van der Waals surface area contributed by atoms with Crippen LogP contribution in [-0.2, 0) is 6.54 Å². The number of nitrogens with one attached hydrogen (secondary N) is 1. The molecule has 1 aromatic heterocycles. The van der Waals surface area contributed by atoms with Crippen molar-refractivity contribution in [3.63, 3.8) is 0 Å². The molecule has 0 aromatic carbocycles. The molecule has 0 unspecified atom stereocenters. The minimum atomic E-state index is 0.562. The molecule has 0 aliphatic heterocycles. The lowest BCUT2D eigenvalue weighted by atomic mass is 9.85. The van der Waals surface area contributed by atoms with Crippen LogP contribution in [0.5, 0.6) is 0 Å². The summed E-state index contributed by atoms with van der Waals surface area (Å²) in [6, 6.07) is 2.04. The van der Waals surface area contributed by atoms with Crippen LogP contribution in [0.3, 0.4) is 0 Å². The number of rotatable bonds is 4. The predicted octanol–water partition coefficient (Wildman–Crippen LogP) is 2.72. The Bertz CT molecular complexity index is 371. The van der Waals surface area contributed by atoms with E-state index in [0.717, 1.165) is 16.9 Å². The Morgan fingerprint density at radius 1 is 1.62 bits per heavy atom. The zero-order valence-corrected chi connectivity index (χ0v) is 11.5. The number of hydrogen-bond acceptors (Lipinski definition) is 2. The Morgan fingerprint density at radius 3 is 3.00 bits per heavy atom. The van der Waals surface area contributed by atoms with E-state index in [1.165, 1.54) is 24.1 Å². The van der Waals surface area contributed by atoms with Gasteiger partial charge in [0.2, 0.25) is 0 Å². The Morgan fingerprint density at radius 2 is 2.44 bits per heavy atom. The average Bonchev–Trinajstić information content (AvgIpc) is 2.59. The zero-order chi connectivity index (χ0) is 11.4. The third-order valence-electron chi connectivity index (χ3n) is 2.88. The van der Waals surface area contributed by atoms with Crippen molar-refractivity contribution in [2.24, 2.45) is 16.6 Å². The Hall–Kier alpha value is -0.550. The molecule has 0 atom stereocenters. The smallest absolute Gasteiger partial charge is 0.188 e. The van der Waals surface area contributed by atoms with Crippen LogP contribution < -0.4 is 11.1 Å². The summed E-state index contributed by atoms with van der Waals surface area (Å²) in [5, 5.41) is 5.23. The van der Waals surface area contributed by atoms with Gasteiger partial charge in [-0.25, -0.2) is 4.99 Å². The zero-order valence-electron chi connectivity index (χ0n) is 9.08. The van der Waals surface area contributed by atoms with Crippen LogP contribution in [0.4, 0.5) is 0 Å². The quantitative estimate of drug-likeness (QED) is 0.664. The van der Waals surface area contributed by atoms with Crippen molar-refractivity contribution in [1.82, 2.24) is 5.32 Å². The molecule has 1 aromatic rings. The van der Waals surface area contributed by atoms with E-state index in [-0.39, 0.29) is 0 Å². The third-order valence-corrected chi connectivity index (χ3v) is 4.79. The summed E-state index contributed by atoms with van der Waals surface area (Å²) in [5.74, 6) is 1.37. The van der Waals surface area contributed by atoms with Crippen molar-refractivity contribution in [3.8, 4) is 0 Å². The summed E-state index contributed by atoms with van der Waals surface area (Å²) >= 11 is 5.17. The highest BCUT2D eigenvalue weighted by atomic mass is 79.9. The van der Waals surface area contributed by atoms with Gasteiger partial charge < -0.3 is 11.1 Å². The van der Waals surface area contributed by atoms with Crippen LogP contribution in [0, 0.1) is 5.92 Å². The first-order valence-electron chi connectivity index (χ1n) is 5.51. The van der Waals surface area contributed by atoms with Crippen molar-refractivity contribution >= 4 is 33.2 Å². The third kappa shape index (κ3) is 3.22. The highest BCUT2D eigenvalue weighted by molar-refractivity contribution is 9.10. The lowest BCUT2D eigenvalue weighted by Gasteiger charge is -2.25. The lowest BCUT2D eigenvalue weighted by molar-refractivity contribution is 0.315. The minimum Gasteiger partial charge on any atom is -0.370 e. The molecule has 0 radical (unpaired) electrons. The second-order valence-corrected chi connectivity index (χ2v) is 5.93. The minimum absolute atomic E-state index is 0.562. The average molecular weight is 302 g/mol. The predicted molar refractivity (Wildman–Crippen MR) is 72.7 cm³/mol. The lowest BCUT2D eigenvalue weighted by Crippen LogP contribution is -2.37. The van der Waals surface area contributed by atoms with Gasteiger partial charge in [-0.3, -0.25) is 0 Å². The van der Waals surface area contributed by atoms with Crippen molar-refractivity contribution in [1.29, 1.82) is 0 Å². The van der Waals surface area contributed by atoms with Gasteiger partial charge in [-0.15, -0.1) is 11.3 Å². The largest absolute Gasteiger partial charge is 0.370 e. The molecule has 16 heavy (non-hydrogen) atoms. The first-order valence-corrected chi connectivity index (χ1v) is 7.18.